The minimum Gasteiger partial charge on any atom is -0.464 e. The summed E-state index contributed by atoms with van der Waals surface area (Å²) < 4.78 is 42.8. The molecular weight excluding hydrogens is 330 g/mol. The van der Waals surface area contributed by atoms with Crippen LogP contribution in [0.3, 0.4) is 0 Å². The molecule has 0 aliphatic carbocycles. The first-order valence-electron chi connectivity index (χ1n) is 8.28. The molecule has 0 bridgehead atoms. The van der Waals surface area contributed by atoms with Gasteiger partial charge < -0.3 is 13.7 Å². The van der Waals surface area contributed by atoms with E-state index in [1.807, 2.05) is 27.7 Å². The van der Waals surface area contributed by atoms with Crippen LogP contribution >= 0.6 is 0 Å². The molecule has 1 aromatic carbocycles. The molecule has 1 heterocycles. The van der Waals surface area contributed by atoms with E-state index in [1.165, 1.54) is 4.31 Å². The molecule has 0 fully saturated rings. The average molecular weight is 357 g/mol. The lowest BCUT2D eigenvalue weighted by molar-refractivity contribution is -0.128. The molecule has 0 saturated heterocycles. The topological polar surface area (TPSA) is 65.1 Å². The van der Waals surface area contributed by atoms with E-state index < -0.39 is 22.0 Å². The van der Waals surface area contributed by atoms with Gasteiger partial charge in [0.1, 0.15) is 11.5 Å². The van der Waals surface area contributed by atoms with Gasteiger partial charge in [-0.15, -0.1) is 0 Å². The molecule has 6 nitrogen and oxygen atoms in total. The smallest absolute Gasteiger partial charge is 0.385 e. The molecule has 0 N–H and O–H groups in total. The van der Waals surface area contributed by atoms with Gasteiger partial charge >= 0.3 is 10.3 Å². The minimum absolute atomic E-state index is 0.0300. The second-order valence-electron chi connectivity index (χ2n) is 6.64. The zero-order chi connectivity index (χ0) is 18.1. The van der Waals surface area contributed by atoms with E-state index in [2.05, 4.69) is 0 Å². The summed E-state index contributed by atoms with van der Waals surface area (Å²) in [6.07, 6.45) is -0.385. The van der Waals surface area contributed by atoms with Crippen molar-refractivity contribution in [1.82, 2.24) is 4.31 Å². The van der Waals surface area contributed by atoms with Crippen LogP contribution in [-0.2, 0) is 20.5 Å². The molecular formula is C17H27NO5S. The zero-order valence-corrected chi connectivity index (χ0v) is 16.0. The molecule has 7 heteroatoms. The molecule has 0 radical (unpaired) electrons. The quantitative estimate of drug-likeness (QED) is 0.750. The van der Waals surface area contributed by atoms with Crippen LogP contribution in [-0.4, -0.2) is 38.2 Å². The molecule has 1 atom stereocenters. The molecule has 1 aromatic rings. The summed E-state index contributed by atoms with van der Waals surface area (Å²) in [7, 11) is -3.80. The lowest BCUT2D eigenvalue weighted by Gasteiger charge is -2.27. The maximum atomic E-state index is 12.3. The lowest BCUT2D eigenvalue weighted by Crippen LogP contribution is -2.36. The van der Waals surface area contributed by atoms with Crippen molar-refractivity contribution in [3.05, 3.63) is 23.8 Å². The fourth-order valence-corrected chi connectivity index (χ4v) is 3.80. The number of rotatable bonds is 7. The lowest BCUT2D eigenvalue weighted by atomic mass is 9.85. The highest BCUT2D eigenvalue weighted by atomic mass is 32.2. The Morgan fingerprint density at radius 2 is 1.88 bits per heavy atom. The van der Waals surface area contributed by atoms with Crippen molar-refractivity contribution in [2.75, 3.05) is 13.1 Å². The third kappa shape index (κ3) is 3.68. The number of benzene rings is 1. The standard InChI is InChI=1S/C17H27NO5S/c1-7-18(8-2)24(19,20)23-13-9-10-15-14(11-13)17(5,6)16(22-15)21-12(3)4/h9-12,16H,7-8H2,1-6H3. The fourth-order valence-electron chi connectivity index (χ4n) is 2.72. The molecule has 24 heavy (non-hydrogen) atoms. The summed E-state index contributed by atoms with van der Waals surface area (Å²) in [5, 5.41) is 0. The van der Waals surface area contributed by atoms with Crippen LogP contribution in [0, 0.1) is 0 Å². The van der Waals surface area contributed by atoms with Crippen molar-refractivity contribution in [3.8, 4) is 11.5 Å². The van der Waals surface area contributed by atoms with Gasteiger partial charge in [-0.25, -0.2) is 0 Å². The van der Waals surface area contributed by atoms with E-state index in [0.717, 1.165) is 5.56 Å². The van der Waals surface area contributed by atoms with Crippen molar-refractivity contribution in [1.29, 1.82) is 0 Å². The number of nitrogens with zero attached hydrogens (tertiary/aromatic N) is 1. The first-order valence-corrected chi connectivity index (χ1v) is 9.64. The average Bonchev–Trinajstić information content (AvgIpc) is 2.70. The van der Waals surface area contributed by atoms with Crippen LogP contribution in [0.5, 0.6) is 11.5 Å². The Bertz CT molecular complexity index is 680. The van der Waals surface area contributed by atoms with Gasteiger partial charge in [-0.1, -0.05) is 13.8 Å². The normalized spacial score (nSPS) is 19.4. The van der Waals surface area contributed by atoms with E-state index in [4.69, 9.17) is 13.7 Å². The summed E-state index contributed by atoms with van der Waals surface area (Å²) in [5.74, 6) is 0.973. The zero-order valence-electron chi connectivity index (χ0n) is 15.2. The molecule has 0 amide bonds. The van der Waals surface area contributed by atoms with Gasteiger partial charge in [-0.3, -0.25) is 0 Å². The van der Waals surface area contributed by atoms with Gasteiger partial charge in [0, 0.05) is 18.7 Å². The van der Waals surface area contributed by atoms with Gasteiger partial charge in [0.25, 0.3) is 0 Å². The van der Waals surface area contributed by atoms with E-state index in [0.29, 0.717) is 18.8 Å². The van der Waals surface area contributed by atoms with Crippen LogP contribution < -0.4 is 8.92 Å². The molecule has 2 rings (SSSR count). The van der Waals surface area contributed by atoms with E-state index >= 15 is 0 Å². The van der Waals surface area contributed by atoms with Gasteiger partial charge in [0.05, 0.1) is 11.5 Å². The third-order valence-corrected chi connectivity index (χ3v) is 5.64. The van der Waals surface area contributed by atoms with Gasteiger partial charge in [-0.2, -0.15) is 12.7 Å². The summed E-state index contributed by atoms with van der Waals surface area (Å²) in [6, 6.07) is 5.06. The first-order chi connectivity index (χ1) is 11.1. The Hall–Kier alpha value is -1.31. The summed E-state index contributed by atoms with van der Waals surface area (Å²) in [5.41, 5.74) is 0.471. The van der Waals surface area contributed by atoms with Crippen LogP contribution in [0.25, 0.3) is 0 Å². The van der Waals surface area contributed by atoms with E-state index in [1.54, 1.807) is 32.0 Å². The second-order valence-corrected chi connectivity index (χ2v) is 8.18. The van der Waals surface area contributed by atoms with Crippen molar-refractivity contribution in [2.45, 2.75) is 59.4 Å². The van der Waals surface area contributed by atoms with Crippen LogP contribution in [0.1, 0.15) is 47.1 Å². The molecule has 1 aliphatic heterocycles. The Morgan fingerprint density at radius 3 is 2.42 bits per heavy atom. The van der Waals surface area contributed by atoms with Gasteiger partial charge in [0.2, 0.25) is 6.29 Å². The monoisotopic (exact) mass is 357 g/mol. The molecule has 1 unspecified atom stereocenters. The maximum Gasteiger partial charge on any atom is 0.385 e. The Morgan fingerprint density at radius 1 is 1.25 bits per heavy atom. The van der Waals surface area contributed by atoms with Crippen LogP contribution in [0.2, 0.25) is 0 Å². The largest absolute Gasteiger partial charge is 0.464 e. The molecule has 0 aromatic heterocycles. The maximum absolute atomic E-state index is 12.3. The van der Waals surface area contributed by atoms with Gasteiger partial charge in [-0.05, 0) is 45.9 Å². The highest BCUT2D eigenvalue weighted by molar-refractivity contribution is 7.84. The second kappa shape index (κ2) is 6.90. The SMILES string of the molecule is CCN(CC)S(=O)(=O)Oc1ccc2c(c1)C(C)(C)C(OC(C)C)O2. The van der Waals surface area contributed by atoms with Crippen molar-refractivity contribution >= 4 is 10.3 Å². The number of hydrogen-bond acceptors (Lipinski definition) is 5. The Balaban J connectivity index is 2.28. The highest BCUT2D eigenvalue weighted by Crippen LogP contribution is 2.45. The van der Waals surface area contributed by atoms with Crippen LogP contribution in [0.4, 0.5) is 0 Å². The number of fused-ring (bicyclic) bond motifs is 1. The number of ether oxygens (including phenoxy) is 2. The minimum atomic E-state index is -3.80. The van der Waals surface area contributed by atoms with Crippen molar-refractivity contribution in [3.63, 3.8) is 0 Å². The van der Waals surface area contributed by atoms with E-state index in [-0.39, 0.29) is 11.9 Å². The fraction of sp³-hybridized carbons (Fsp3) is 0.647. The molecule has 0 spiro atoms. The Kier molecular flexibility index (Phi) is 5.47. The molecule has 136 valence electrons. The van der Waals surface area contributed by atoms with Crippen molar-refractivity contribution < 1.29 is 22.1 Å². The summed E-state index contributed by atoms with van der Waals surface area (Å²) in [6.45, 7) is 12.2. The first kappa shape index (κ1) is 19.0. The Labute approximate surface area is 145 Å². The van der Waals surface area contributed by atoms with Crippen molar-refractivity contribution in [2.24, 2.45) is 0 Å². The molecule has 0 saturated carbocycles. The van der Waals surface area contributed by atoms with E-state index in [9.17, 15) is 8.42 Å². The molecule has 1 aliphatic rings. The van der Waals surface area contributed by atoms with Gasteiger partial charge in [0.15, 0.2) is 0 Å². The third-order valence-electron chi connectivity index (χ3n) is 4.09. The number of hydrogen-bond donors (Lipinski definition) is 0. The summed E-state index contributed by atoms with van der Waals surface area (Å²) in [4.78, 5) is 0. The predicted octanol–water partition coefficient (Wildman–Crippen LogP) is 3.07. The van der Waals surface area contributed by atoms with Crippen LogP contribution in [0.15, 0.2) is 18.2 Å². The predicted molar refractivity (Wildman–Crippen MR) is 92.6 cm³/mol. The summed E-state index contributed by atoms with van der Waals surface area (Å²) >= 11 is 0. The highest BCUT2D eigenvalue weighted by Gasteiger charge is 2.43.